The van der Waals surface area contributed by atoms with Crippen LogP contribution in [0.4, 0.5) is 4.39 Å². The lowest BCUT2D eigenvalue weighted by Gasteiger charge is -2.16. The van der Waals surface area contributed by atoms with Gasteiger partial charge < -0.3 is 10.0 Å². The molecule has 112 valence electrons. The van der Waals surface area contributed by atoms with E-state index in [1.165, 1.54) is 12.1 Å². The Balaban J connectivity index is 1.68. The van der Waals surface area contributed by atoms with E-state index >= 15 is 0 Å². The maximum Gasteiger partial charge on any atom is 0.308 e. The van der Waals surface area contributed by atoms with Crippen LogP contribution < -0.4 is 0 Å². The molecule has 3 unspecified atom stereocenters. The number of amides is 1. The summed E-state index contributed by atoms with van der Waals surface area (Å²) in [4.78, 5) is 24.9. The summed E-state index contributed by atoms with van der Waals surface area (Å²) in [7, 11) is 0. The summed E-state index contributed by atoms with van der Waals surface area (Å²) in [6, 6.07) is 4.51. The topological polar surface area (TPSA) is 57.6 Å². The third kappa shape index (κ3) is 2.62. The fraction of sp³-hybridized carbons (Fsp3) is 0.467. The quantitative estimate of drug-likeness (QED) is 0.933. The molecule has 0 aromatic heterocycles. The van der Waals surface area contributed by atoms with E-state index in [1.807, 2.05) is 0 Å². The van der Waals surface area contributed by atoms with Crippen LogP contribution in [0.15, 0.2) is 18.2 Å². The maximum atomic E-state index is 13.8. The maximum absolute atomic E-state index is 13.8. The van der Waals surface area contributed by atoms with Gasteiger partial charge in [0.05, 0.1) is 5.92 Å². The minimum atomic E-state index is -0.866. The van der Waals surface area contributed by atoms with Crippen molar-refractivity contribution in [1.82, 2.24) is 4.90 Å². The van der Waals surface area contributed by atoms with E-state index in [-0.39, 0.29) is 30.1 Å². The molecule has 2 aliphatic rings. The first-order chi connectivity index (χ1) is 9.99. The van der Waals surface area contributed by atoms with Gasteiger partial charge in [-0.05, 0) is 25.0 Å². The van der Waals surface area contributed by atoms with Crippen LogP contribution in [0, 0.1) is 17.7 Å². The Morgan fingerprint density at radius 3 is 2.76 bits per heavy atom. The second kappa shape index (κ2) is 5.30. The molecule has 1 N–H and O–H groups in total. The number of carboxylic acids is 1. The second-order valence-electron chi connectivity index (χ2n) is 5.69. The summed E-state index contributed by atoms with van der Waals surface area (Å²) in [5.74, 6) is -2.27. The molecule has 3 rings (SSSR count). The Morgan fingerprint density at radius 2 is 2.14 bits per heavy atom. The van der Waals surface area contributed by atoms with Crippen molar-refractivity contribution in [2.75, 3.05) is 13.1 Å². The van der Waals surface area contributed by atoms with E-state index in [9.17, 15) is 14.0 Å². The number of carboxylic acid groups (broad SMARTS) is 1. The highest BCUT2D eigenvalue weighted by molar-refractivity contribution is 6.31. The van der Waals surface area contributed by atoms with Crippen LogP contribution in [0.3, 0.4) is 0 Å². The summed E-state index contributed by atoms with van der Waals surface area (Å²) in [6.45, 7) is 0.715. The van der Waals surface area contributed by atoms with E-state index in [0.29, 0.717) is 30.0 Å². The van der Waals surface area contributed by atoms with Crippen molar-refractivity contribution in [3.8, 4) is 0 Å². The molecule has 1 aromatic rings. The van der Waals surface area contributed by atoms with Gasteiger partial charge in [0.15, 0.2) is 0 Å². The lowest BCUT2D eigenvalue weighted by atomic mass is 10.1. The summed E-state index contributed by atoms with van der Waals surface area (Å²) in [5, 5.41) is 9.31. The monoisotopic (exact) mass is 311 g/mol. The van der Waals surface area contributed by atoms with Gasteiger partial charge in [-0.1, -0.05) is 17.7 Å². The number of hydrogen-bond acceptors (Lipinski definition) is 2. The minimum Gasteiger partial charge on any atom is -0.481 e. The van der Waals surface area contributed by atoms with Crippen LogP contribution in [-0.2, 0) is 9.59 Å². The van der Waals surface area contributed by atoms with Crippen LogP contribution in [0.1, 0.15) is 24.3 Å². The number of aliphatic carboxylic acids is 1. The molecule has 3 atom stereocenters. The summed E-state index contributed by atoms with van der Waals surface area (Å²) >= 11 is 6.02. The van der Waals surface area contributed by atoms with E-state index in [2.05, 4.69) is 0 Å². The Labute approximate surface area is 126 Å². The normalized spacial score (nSPS) is 27.7. The first kappa shape index (κ1) is 14.3. The molecule has 2 fully saturated rings. The molecule has 1 heterocycles. The molecule has 21 heavy (non-hydrogen) atoms. The highest BCUT2D eigenvalue weighted by Gasteiger charge is 2.49. The smallest absolute Gasteiger partial charge is 0.308 e. The van der Waals surface area contributed by atoms with E-state index in [4.69, 9.17) is 16.7 Å². The van der Waals surface area contributed by atoms with E-state index in [0.717, 1.165) is 0 Å². The number of carbonyl (C=O) groups is 2. The molecule has 0 radical (unpaired) electrons. The van der Waals surface area contributed by atoms with Gasteiger partial charge in [0.2, 0.25) is 5.91 Å². The van der Waals surface area contributed by atoms with Gasteiger partial charge in [-0.15, -0.1) is 0 Å². The van der Waals surface area contributed by atoms with E-state index in [1.54, 1.807) is 11.0 Å². The highest BCUT2D eigenvalue weighted by atomic mass is 35.5. The number of hydrogen-bond donors (Lipinski definition) is 1. The zero-order chi connectivity index (χ0) is 15.1. The molecule has 0 spiro atoms. The van der Waals surface area contributed by atoms with Gasteiger partial charge in [-0.2, -0.15) is 0 Å². The number of nitrogens with zero attached hydrogens (tertiary/aromatic N) is 1. The number of halogens is 2. The van der Waals surface area contributed by atoms with Gasteiger partial charge in [0.25, 0.3) is 0 Å². The third-order valence-corrected chi connectivity index (χ3v) is 4.66. The molecule has 1 aliphatic heterocycles. The van der Waals surface area contributed by atoms with Gasteiger partial charge in [0.1, 0.15) is 5.82 Å². The molecular formula is C15H15ClFNO3. The lowest BCUT2D eigenvalue weighted by molar-refractivity contribution is -0.141. The molecule has 4 nitrogen and oxygen atoms in total. The predicted octanol–water partition coefficient (Wildman–Crippen LogP) is 2.52. The number of rotatable bonds is 3. The Hall–Kier alpha value is -1.62. The average molecular weight is 312 g/mol. The van der Waals surface area contributed by atoms with Crippen LogP contribution in [0.2, 0.25) is 5.02 Å². The molecule has 1 aliphatic carbocycles. The average Bonchev–Trinajstić information content (AvgIpc) is 3.03. The van der Waals surface area contributed by atoms with Crippen molar-refractivity contribution in [2.24, 2.45) is 11.8 Å². The van der Waals surface area contributed by atoms with Gasteiger partial charge in [-0.25, -0.2) is 4.39 Å². The van der Waals surface area contributed by atoms with Crippen molar-refractivity contribution in [3.63, 3.8) is 0 Å². The molecule has 0 bridgehead atoms. The first-order valence-corrected chi connectivity index (χ1v) is 7.32. The Kier molecular flexibility index (Phi) is 3.61. The SMILES string of the molecule is O=C(O)C1CCN(C(=O)C2CC2c2c(F)cccc2Cl)C1. The minimum absolute atomic E-state index is 0.0805. The van der Waals surface area contributed by atoms with Crippen LogP contribution in [-0.4, -0.2) is 35.0 Å². The Bertz CT molecular complexity index is 586. The summed E-state index contributed by atoms with van der Waals surface area (Å²) in [6.07, 6.45) is 1.06. The molecule has 1 saturated heterocycles. The van der Waals surface area contributed by atoms with Crippen LogP contribution in [0.25, 0.3) is 0 Å². The number of carbonyl (C=O) groups excluding carboxylic acids is 1. The number of likely N-dealkylation sites (tertiary alicyclic amines) is 1. The van der Waals surface area contributed by atoms with E-state index < -0.39 is 11.9 Å². The largest absolute Gasteiger partial charge is 0.481 e. The summed E-state index contributed by atoms with van der Waals surface area (Å²) in [5.41, 5.74) is 0.409. The molecule has 1 amide bonds. The fourth-order valence-corrected chi connectivity index (χ4v) is 3.35. The second-order valence-corrected chi connectivity index (χ2v) is 6.10. The molecule has 1 aromatic carbocycles. The van der Waals surface area contributed by atoms with Crippen molar-refractivity contribution >= 4 is 23.5 Å². The molecular weight excluding hydrogens is 297 g/mol. The standard InChI is InChI=1S/C15H15ClFNO3/c16-11-2-1-3-12(17)13(11)9-6-10(9)14(19)18-5-4-8(7-18)15(20)21/h1-3,8-10H,4-7H2,(H,20,21). The van der Waals surface area contributed by atoms with Gasteiger partial charge >= 0.3 is 5.97 Å². The predicted molar refractivity (Wildman–Crippen MR) is 74.6 cm³/mol. The molecule has 6 heteroatoms. The molecule has 1 saturated carbocycles. The van der Waals surface area contributed by atoms with Gasteiger partial charge in [-0.3, -0.25) is 9.59 Å². The third-order valence-electron chi connectivity index (χ3n) is 4.33. The van der Waals surface area contributed by atoms with Crippen molar-refractivity contribution in [1.29, 1.82) is 0 Å². The van der Waals surface area contributed by atoms with Gasteiger partial charge in [0, 0.05) is 35.5 Å². The van der Waals surface area contributed by atoms with Crippen LogP contribution >= 0.6 is 11.6 Å². The zero-order valence-corrected chi connectivity index (χ0v) is 12.0. The lowest BCUT2D eigenvalue weighted by Crippen LogP contribution is -2.31. The van der Waals surface area contributed by atoms with Crippen molar-refractivity contribution in [2.45, 2.75) is 18.8 Å². The van der Waals surface area contributed by atoms with Crippen LogP contribution in [0.5, 0.6) is 0 Å². The number of benzene rings is 1. The van der Waals surface area contributed by atoms with Crippen molar-refractivity contribution in [3.05, 3.63) is 34.6 Å². The van der Waals surface area contributed by atoms with Crippen molar-refractivity contribution < 1.29 is 19.1 Å². The zero-order valence-electron chi connectivity index (χ0n) is 11.3. The highest BCUT2D eigenvalue weighted by Crippen LogP contribution is 2.51. The summed E-state index contributed by atoms with van der Waals surface area (Å²) < 4.78 is 13.8. The first-order valence-electron chi connectivity index (χ1n) is 6.94. The fourth-order valence-electron chi connectivity index (χ4n) is 3.05. The Morgan fingerprint density at radius 1 is 1.38 bits per heavy atom.